The van der Waals surface area contributed by atoms with E-state index >= 15 is 0 Å². The van der Waals surface area contributed by atoms with Crippen LogP contribution in [0.2, 0.25) is 0 Å². The Hall–Kier alpha value is -1.20. The maximum Gasteiger partial charge on any atom is 0.147 e. The van der Waals surface area contributed by atoms with Crippen LogP contribution in [0.15, 0.2) is 22.7 Å². The van der Waals surface area contributed by atoms with Gasteiger partial charge in [-0.2, -0.15) is 0 Å². The third kappa shape index (κ3) is 1.80. The number of nitrogens with two attached hydrogens (primary N) is 2. The number of anilines is 1. The third-order valence-electron chi connectivity index (χ3n) is 2.13. The third-order valence-corrected chi connectivity index (χ3v) is 2.77. The highest BCUT2D eigenvalue weighted by Gasteiger charge is 2.09. The molecular weight excluding hydrogens is 256 g/mol. The molecule has 0 aliphatic carbocycles. The number of rotatable bonds is 1. The Balaban J connectivity index is 2.80. The van der Waals surface area contributed by atoms with Crippen LogP contribution in [0.4, 0.5) is 5.82 Å². The van der Waals surface area contributed by atoms with Crippen LogP contribution in [0, 0.1) is 0 Å². The van der Waals surface area contributed by atoms with Gasteiger partial charge >= 0.3 is 0 Å². The standard InChI is InChI=1S/C10H11BrN4/c1-5(12)10-14-8-6(9(13)15-10)3-2-4-7(8)11/h2-5H,12H2,1H3,(H2,13,14,15). The van der Waals surface area contributed by atoms with Crippen LogP contribution in [0.25, 0.3) is 10.9 Å². The average Bonchev–Trinajstić information content (AvgIpc) is 2.19. The van der Waals surface area contributed by atoms with Crippen molar-refractivity contribution in [2.75, 3.05) is 5.73 Å². The quantitative estimate of drug-likeness (QED) is 0.828. The van der Waals surface area contributed by atoms with Gasteiger partial charge in [-0.3, -0.25) is 0 Å². The molecule has 5 heteroatoms. The predicted octanol–water partition coefficient (Wildman–Crippen LogP) is 1.99. The van der Waals surface area contributed by atoms with Crippen LogP contribution < -0.4 is 11.5 Å². The first-order valence-electron chi connectivity index (χ1n) is 4.57. The molecule has 0 radical (unpaired) electrons. The van der Waals surface area contributed by atoms with E-state index in [1.54, 1.807) is 0 Å². The summed E-state index contributed by atoms with van der Waals surface area (Å²) in [6, 6.07) is 5.49. The molecule has 1 unspecified atom stereocenters. The van der Waals surface area contributed by atoms with Gasteiger partial charge in [0.1, 0.15) is 11.6 Å². The fourth-order valence-corrected chi connectivity index (χ4v) is 1.82. The molecule has 0 fully saturated rings. The van der Waals surface area contributed by atoms with E-state index in [0.29, 0.717) is 11.6 Å². The summed E-state index contributed by atoms with van der Waals surface area (Å²) in [4.78, 5) is 8.53. The first kappa shape index (κ1) is 10.3. The van der Waals surface area contributed by atoms with E-state index in [4.69, 9.17) is 11.5 Å². The maximum absolute atomic E-state index is 5.84. The van der Waals surface area contributed by atoms with Crippen molar-refractivity contribution in [3.05, 3.63) is 28.5 Å². The summed E-state index contributed by atoms with van der Waals surface area (Å²) in [5.41, 5.74) is 12.4. The van der Waals surface area contributed by atoms with Crippen molar-refractivity contribution in [3.8, 4) is 0 Å². The molecule has 4 N–H and O–H groups in total. The largest absolute Gasteiger partial charge is 0.383 e. The molecule has 2 rings (SSSR count). The van der Waals surface area contributed by atoms with Gasteiger partial charge in [0.05, 0.1) is 11.6 Å². The van der Waals surface area contributed by atoms with Crippen LogP contribution in [0.1, 0.15) is 18.8 Å². The van der Waals surface area contributed by atoms with Crippen molar-refractivity contribution in [2.24, 2.45) is 5.73 Å². The van der Waals surface area contributed by atoms with Crippen LogP contribution in [0.3, 0.4) is 0 Å². The molecular formula is C10H11BrN4. The number of fused-ring (bicyclic) bond motifs is 1. The van der Waals surface area contributed by atoms with E-state index in [1.165, 1.54) is 0 Å². The molecule has 15 heavy (non-hydrogen) atoms. The molecule has 0 aliphatic heterocycles. The van der Waals surface area contributed by atoms with Crippen LogP contribution in [0.5, 0.6) is 0 Å². The molecule has 0 saturated heterocycles. The zero-order valence-electron chi connectivity index (χ0n) is 8.24. The minimum atomic E-state index is -0.219. The van der Waals surface area contributed by atoms with Gasteiger partial charge in [0.15, 0.2) is 0 Å². The summed E-state index contributed by atoms with van der Waals surface area (Å²) in [6.07, 6.45) is 0. The van der Waals surface area contributed by atoms with Gasteiger partial charge in [-0.15, -0.1) is 0 Å². The Bertz CT molecular complexity index is 510. The monoisotopic (exact) mass is 266 g/mol. The molecule has 0 saturated carbocycles. The Morgan fingerprint density at radius 3 is 2.73 bits per heavy atom. The lowest BCUT2D eigenvalue weighted by molar-refractivity contribution is 0.748. The summed E-state index contributed by atoms with van der Waals surface area (Å²) in [7, 11) is 0. The lowest BCUT2D eigenvalue weighted by Gasteiger charge is -2.08. The molecule has 1 aromatic carbocycles. The van der Waals surface area contributed by atoms with Gasteiger partial charge in [-0.25, -0.2) is 9.97 Å². The molecule has 2 aromatic rings. The van der Waals surface area contributed by atoms with E-state index < -0.39 is 0 Å². The SMILES string of the molecule is CC(N)c1nc(N)c2cccc(Br)c2n1. The van der Waals surface area contributed by atoms with Crippen molar-refractivity contribution in [3.63, 3.8) is 0 Å². The molecule has 0 bridgehead atoms. The van der Waals surface area contributed by atoms with Crippen molar-refractivity contribution in [2.45, 2.75) is 13.0 Å². The Kier molecular flexibility index (Phi) is 2.58. The lowest BCUT2D eigenvalue weighted by atomic mass is 10.2. The van der Waals surface area contributed by atoms with Gasteiger partial charge in [-0.05, 0) is 35.0 Å². The summed E-state index contributed by atoms with van der Waals surface area (Å²) < 4.78 is 0.899. The van der Waals surface area contributed by atoms with Gasteiger partial charge in [0.2, 0.25) is 0 Å². The second-order valence-corrected chi connectivity index (χ2v) is 4.25. The van der Waals surface area contributed by atoms with Gasteiger partial charge in [-0.1, -0.05) is 6.07 Å². The van der Waals surface area contributed by atoms with E-state index in [9.17, 15) is 0 Å². The smallest absolute Gasteiger partial charge is 0.147 e. The van der Waals surface area contributed by atoms with E-state index in [0.717, 1.165) is 15.4 Å². The summed E-state index contributed by atoms with van der Waals surface area (Å²) in [5.74, 6) is 1.03. The molecule has 4 nitrogen and oxygen atoms in total. The second kappa shape index (κ2) is 3.75. The van der Waals surface area contributed by atoms with Gasteiger partial charge in [0, 0.05) is 9.86 Å². The molecule has 0 spiro atoms. The van der Waals surface area contributed by atoms with Crippen molar-refractivity contribution in [1.29, 1.82) is 0 Å². The number of nitrogens with zero attached hydrogens (tertiary/aromatic N) is 2. The Labute approximate surface area is 95.8 Å². The summed E-state index contributed by atoms with van der Waals surface area (Å²) in [6.45, 7) is 1.83. The summed E-state index contributed by atoms with van der Waals surface area (Å²) in [5, 5.41) is 0.841. The number of benzene rings is 1. The van der Waals surface area contributed by atoms with E-state index in [-0.39, 0.29) is 6.04 Å². The van der Waals surface area contributed by atoms with Crippen LogP contribution in [-0.4, -0.2) is 9.97 Å². The van der Waals surface area contributed by atoms with Crippen LogP contribution >= 0.6 is 15.9 Å². The number of hydrogen-bond acceptors (Lipinski definition) is 4. The lowest BCUT2D eigenvalue weighted by Crippen LogP contribution is -2.11. The Morgan fingerprint density at radius 2 is 2.07 bits per heavy atom. The fourth-order valence-electron chi connectivity index (χ4n) is 1.36. The Morgan fingerprint density at radius 1 is 1.33 bits per heavy atom. The van der Waals surface area contributed by atoms with E-state index in [2.05, 4.69) is 25.9 Å². The molecule has 0 aliphatic rings. The van der Waals surface area contributed by atoms with Gasteiger partial charge in [0.25, 0.3) is 0 Å². The maximum atomic E-state index is 5.84. The predicted molar refractivity (Wildman–Crippen MR) is 64.3 cm³/mol. The van der Waals surface area contributed by atoms with Crippen molar-refractivity contribution >= 4 is 32.7 Å². The molecule has 1 atom stereocenters. The molecule has 78 valence electrons. The highest BCUT2D eigenvalue weighted by atomic mass is 79.9. The highest BCUT2D eigenvalue weighted by molar-refractivity contribution is 9.10. The number of nitrogen functional groups attached to an aromatic ring is 1. The highest BCUT2D eigenvalue weighted by Crippen LogP contribution is 2.25. The summed E-state index contributed by atoms with van der Waals surface area (Å²) >= 11 is 3.43. The number of aromatic nitrogens is 2. The molecule has 0 amide bonds. The minimum absolute atomic E-state index is 0.219. The molecule has 1 aromatic heterocycles. The molecule has 1 heterocycles. The average molecular weight is 267 g/mol. The normalized spacial score (nSPS) is 13.0. The van der Waals surface area contributed by atoms with E-state index in [1.807, 2.05) is 25.1 Å². The van der Waals surface area contributed by atoms with Crippen molar-refractivity contribution < 1.29 is 0 Å². The van der Waals surface area contributed by atoms with Gasteiger partial charge < -0.3 is 11.5 Å². The fraction of sp³-hybridized carbons (Fsp3) is 0.200. The number of hydrogen-bond donors (Lipinski definition) is 2. The minimum Gasteiger partial charge on any atom is -0.383 e. The van der Waals surface area contributed by atoms with Crippen molar-refractivity contribution in [1.82, 2.24) is 9.97 Å². The second-order valence-electron chi connectivity index (χ2n) is 3.39. The van der Waals surface area contributed by atoms with Crippen LogP contribution in [-0.2, 0) is 0 Å². The first-order chi connectivity index (χ1) is 7.09. The zero-order valence-corrected chi connectivity index (χ0v) is 9.82. The first-order valence-corrected chi connectivity index (χ1v) is 5.36. The number of para-hydroxylation sites is 1. The number of halogens is 1. The zero-order chi connectivity index (χ0) is 11.0. The topological polar surface area (TPSA) is 77.8 Å².